The van der Waals surface area contributed by atoms with E-state index in [0.29, 0.717) is 0 Å². The summed E-state index contributed by atoms with van der Waals surface area (Å²) in [5, 5.41) is 0. The van der Waals surface area contributed by atoms with Crippen molar-refractivity contribution in [1.29, 1.82) is 0 Å². The fourth-order valence-electron chi connectivity index (χ4n) is 5.26. The smallest absolute Gasteiger partial charge is 0.0622 e. The third-order valence-corrected chi connectivity index (χ3v) is 8.38. The Morgan fingerprint density at radius 1 is 0.444 bits per heavy atom. The van der Waals surface area contributed by atoms with Crippen molar-refractivity contribution in [3.63, 3.8) is 0 Å². The average Bonchev–Trinajstić information content (AvgIpc) is 2.86. The third kappa shape index (κ3) is 17.2. The van der Waals surface area contributed by atoms with Crippen LogP contribution >= 0.6 is 7.94 Å². The van der Waals surface area contributed by atoms with E-state index in [1.165, 1.54) is 107 Å². The van der Waals surface area contributed by atoms with Gasteiger partial charge in [0.05, 0.1) is 0 Å². The Hall–Kier alpha value is -1.25. The van der Waals surface area contributed by atoms with E-state index in [1.807, 2.05) is 0 Å². The maximum absolute atomic E-state index is 8.99. The molecule has 2 aromatic rings. The first-order valence-corrected chi connectivity index (χ1v) is 16.8. The molecule has 3 N–H and O–H groups in total. The van der Waals surface area contributed by atoms with Crippen LogP contribution in [0.1, 0.15) is 114 Å². The molecule has 4 heteroatoms. The van der Waals surface area contributed by atoms with Crippen LogP contribution in [0.25, 0.3) is 0 Å². The van der Waals surface area contributed by atoms with Gasteiger partial charge in [0.15, 0.2) is 0 Å². The van der Waals surface area contributed by atoms with E-state index in [4.69, 9.17) is 14.7 Å². The van der Waals surface area contributed by atoms with Crippen LogP contribution in [-0.4, -0.2) is 20.8 Å². The van der Waals surface area contributed by atoms with Gasteiger partial charge in [0.2, 0.25) is 0 Å². The van der Waals surface area contributed by atoms with Crippen molar-refractivity contribution in [2.24, 2.45) is 5.92 Å². The first kappa shape index (κ1) is 31.0. The molecule has 0 radical (unpaired) electrons. The van der Waals surface area contributed by atoms with Crippen molar-refractivity contribution in [3.8, 4) is 0 Å². The molecule has 0 atom stereocenters. The molecule has 0 amide bonds. The topological polar surface area (TPSA) is 60.7 Å². The Bertz CT molecular complexity index is 704. The molecular weight excluding hydrogens is 463 g/mol. The molecule has 0 unspecified atom stereocenters. The predicted octanol–water partition coefficient (Wildman–Crippen LogP) is 8.80. The minimum absolute atomic E-state index is 0.191. The zero-order chi connectivity index (χ0) is 25.7. The van der Waals surface area contributed by atoms with Crippen molar-refractivity contribution >= 4 is 7.94 Å². The number of benzene rings is 2. The SMILES string of the molecule is O[PH](O)(O)CCCCCCCCCCCCCCCCCC(Cc1ccccc1)Cc1ccccc1. The van der Waals surface area contributed by atoms with Gasteiger partial charge in [-0.1, -0.05) is 86.3 Å². The molecule has 0 fully saturated rings. The minimum atomic E-state index is -3.80. The number of hydrogen-bond acceptors (Lipinski definition) is 3. The summed E-state index contributed by atoms with van der Waals surface area (Å²) in [5.41, 5.74) is 2.94. The Morgan fingerprint density at radius 2 is 0.778 bits per heavy atom. The van der Waals surface area contributed by atoms with E-state index < -0.39 is 7.94 Å². The summed E-state index contributed by atoms with van der Waals surface area (Å²) in [7, 11) is -3.80. The van der Waals surface area contributed by atoms with Crippen LogP contribution in [0, 0.1) is 5.92 Å². The van der Waals surface area contributed by atoms with Crippen molar-refractivity contribution in [1.82, 2.24) is 0 Å². The normalized spacial score (nSPS) is 12.3. The monoisotopic (exact) mass is 516 g/mol. The van der Waals surface area contributed by atoms with E-state index in [9.17, 15) is 0 Å². The zero-order valence-electron chi connectivity index (χ0n) is 22.6. The van der Waals surface area contributed by atoms with Crippen molar-refractivity contribution in [3.05, 3.63) is 71.8 Å². The van der Waals surface area contributed by atoms with E-state index in [-0.39, 0.29) is 6.16 Å². The standard InChI is InChI=1S/C32H53O3P/c33-36(34,35)27-21-13-11-9-7-5-3-1-2-4-6-8-10-12-16-26-32(28-30-22-17-14-18-23-30)29-31-24-19-15-20-25-31/h14-15,17-20,22-25,32-36H,1-13,16,21,26-29H2. The van der Waals surface area contributed by atoms with Crippen LogP contribution in [-0.2, 0) is 12.8 Å². The Morgan fingerprint density at radius 3 is 1.14 bits per heavy atom. The summed E-state index contributed by atoms with van der Waals surface area (Å²) < 4.78 is 0. The van der Waals surface area contributed by atoms with Crippen molar-refractivity contribution in [2.45, 2.75) is 116 Å². The summed E-state index contributed by atoms with van der Waals surface area (Å²) in [6, 6.07) is 22.0. The molecule has 2 rings (SSSR count). The predicted molar refractivity (Wildman–Crippen MR) is 157 cm³/mol. The minimum Gasteiger partial charge on any atom is -0.0622 e. The van der Waals surface area contributed by atoms with Gasteiger partial charge in [0.1, 0.15) is 0 Å². The van der Waals surface area contributed by atoms with Gasteiger partial charge in [0.25, 0.3) is 0 Å². The van der Waals surface area contributed by atoms with Crippen LogP contribution in [0.5, 0.6) is 0 Å². The molecule has 0 aliphatic carbocycles. The van der Waals surface area contributed by atoms with Gasteiger partial charge < -0.3 is 0 Å². The van der Waals surface area contributed by atoms with Crippen LogP contribution in [0.4, 0.5) is 0 Å². The van der Waals surface area contributed by atoms with Crippen LogP contribution in [0.2, 0.25) is 0 Å². The molecular formula is C32H53O3P. The van der Waals surface area contributed by atoms with Crippen LogP contribution < -0.4 is 0 Å². The molecule has 3 nitrogen and oxygen atoms in total. The molecule has 0 saturated heterocycles. The van der Waals surface area contributed by atoms with Crippen molar-refractivity contribution < 1.29 is 14.7 Å². The molecule has 0 saturated carbocycles. The average molecular weight is 517 g/mol. The molecule has 0 spiro atoms. The summed E-state index contributed by atoms with van der Waals surface area (Å²) in [4.78, 5) is 27.0. The van der Waals surface area contributed by atoms with E-state index in [2.05, 4.69) is 60.7 Å². The first-order valence-electron chi connectivity index (χ1n) is 14.8. The van der Waals surface area contributed by atoms with Gasteiger partial charge in [-0.3, -0.25) is 0 Å². The first-order chi connectivity index (χ1) is 17.5. The molecule has 0 aliphatic heterocycles. The Kier molecular flexibility index (Phi) is 17.0. The van der Waals surface area contributed by atoms with Gasteiger partial charge in [-0.15, -0.1) is 0 Å². The quantitative estimate of drug-likeness (QED) is 0.108. The van der Waals surface area contributed by atoms with Gasteiger partial charge >= 0.3 is 99.4 Å². The fraction of sp³-hybridized carbons (Fsp3) is 0.625. The molecule has 0 heterocycles. The van der Waals surface area contributed by atoms with Gasteiger partial charge in [0, 0.05) is 0 Å². The van der Waals surface area contributed by atoms with E-state index in [0.717, 1.165) is 25.2 Å². The molecule has 36 heavy (non-hydrogen) atoms. The van der Waals surface area contributed by atoms with Crippen molar-refractivity contribution in [2.75, 3.05) is 6.16 Å². The second-order valence-corrected chi connectivity index (χ2v) is 12.9. The molecule has 0 aliphatic rings. The number of hydrogen-bond donors (Lipinski definition) is 3. The summed E-state index contributed by atoms with van der Waals surface area (Å²) in [5.74, 6) is 0.734. The Labute approximate surface area is 222 Å². The Balaban J connectivity index is 1.42. The summed E-state index contributed by atoms with van der Waals surface area (Å²) in [6.07, 6.45) is 23.0. The van der Waals surface area contributed by atoms with Crippen LogP contribution in [0.3, 0.4) is 0 Å². The number of rotatable bonds is 22. The maximum atomic E-state index is 8.99. The summed E-state index contributed by atoms with van der Waals surface area (Å²) >= 11 is 0. The van der Waals surface area contributed by atoms with Crippen LogP contribution in [0.15, 0.2) is 60.7 Å². The fourth-order valence-corrected chi connectivity index (χ4v) is 5.99. The molecule has 0 aromatic heterocycles. The van der Waals surface area contributed by atoms with Gasteiger partial charge in [-0.2, -0.15) is 0 Å². The summed E-state index contributed by atoms with van der Waals surface area (Å²) in [6.45, 7) is 0. The van der Waals surface area contributed by atoms with E-state index in [1.54, 1.807) is 0 Å². The molecule has 0 bridgehead atoms. The number of unbranched alkanes of at least 4 members (excludes halogenated alkanes) is 14. The zero-order valence-corrected chi connectivity index (χ0v) is 23.6. The molecule has 204 valence electrons. The second kappa shape index (κ2) is 19.8. The third-order valence-electron chi connectivity index (χ3n) is 7.36. The van der Waals surface area contributed by atoms with Gasteiger partial charge in [-0.05, 0) is 36.3 Å². The molecule has 2 aromatic carbocycles. The van der Waals surface area contributed by atoms with Gasteiger partial charge in [-0.25, -0.2) is 0 Å². The second-order valence-electron chi connectivity index (χ2n) is 10.9. The van der Waals surface area contributed by atoms with E-state index >= 15 is 0 Å².